The summed E-state index contributed by atoms with van der Waals surface area (Å²) in [4.78, 5) is 8.23. The monoisotopic (exact) mass is 327 g/mol. The molecule has 0 fully saturated rings. The first kappa shape index (κ1) is 13.1. The molecule has 0 aliphatic rings. The molecule has 0 saturated carbocycles. The molecule has 5 nitrogen and oxygen atoms in total. The number of nitrogens with one attached hydrogen (secondary N) is 2. The van der Waals surface area contributed by atoms with Crippen LogP contribution in [0.4, 0.5) is 17.5 Å². The number of rotatable bonds is 3. The molecular weight excluding hydrogens is 318 g/mol. The van der Waals surface area contributed by atoms with Gasteiger partial charge in [-0.15, -0.1) is 0 Å². The van der Waals surface area contributed by atoms with E-state index in [0.717, 1.165) is 15.7 Å². The molecule has 0 radical (unpaired) electrons. The number of nitrogens with zero attached hydrogens (tertiary/aromatic N) is 2. The standard InChI is InChI=1S/C11H11BrClN5/c1-6-5-15-11(18-14)17-10(6)16-9-4-7(12)2-3-8(9)13/h2-5H,14H2,1H3,(H2,15,16,17,18). The molecule has 0 aliphatic carbocycles. The average molecular weight is 329 g/mol. The molecule has 7 heteroatoms. The van der Waals surface area contributed by atoms with Crippen LogP contribution in [0.2, 0.25) is 5.02 Å². The second kappa shape index (κ2) is 5.51. The van der Waals surface area contributed by atoms with E-state index < -0.39 is 0 Å². The zero-order valence-corrected chi connectivity index (χ0v) is 11.9. The SMILES string of the molecule is Cc1cnc(NN)nc1Nc1cc(Br)ccc1Cl. The number of benzene rings is 1. The Bertz CT molecular complexity index is 575. The van der Waals surface area contributed by atoms with Crippen molar-refractivity contribution in [2.75, 3.05) is 10.7 Å². The van der Waals surface area contributed by atoms with E-state index in [-0.39, 0.29) is 0 Å². The van der Waals surface area contributed by atoms with Crippen molar-refractivity contribution in [2.24, 2.45) is 5.84 Å². The fraction of sp³-hybridized carbons (Fsp3) is 0.0909. The number of halogens is 2. The predicted molar refractivity (Wildman–Crippen MR) is 77.0 cm³/mol. The third-order valence-electron chi connectivity index (χ3n) is 2.28. The van der Waals surface area contributed by atoms with Crippen LogP contribution in [0, 0.1) is 6.92 Å². The van der Waals surface area contributed by atoms with Gasteiger partial charge in [-0.3, -0.25) is 5.43 Å². The van der Waals surface area contributed by atoms with Crippen LogP contribution < -0.4 is 16.6 Å². The van der Waals surface area contributed by atoms with E-state index in [0.29, 0.717) is 16.8 Å². The van der Waals surface area contributed by atoms with Gasteiger partial charge in [0.15, 0.2) is 0 Å². The number of nitrogen functional groups attached to an aromatic ring is 1. The Hall–Kier alpha value is -1.37. The topological polar surface area (TPSA) is 75.9 Å². The Morgan fingerprint density at radius 3 is 2.89 bits per heavy atom. The molecule has 0 amide bonds. The Kier molecular flexibility index (Phi) is 4.00. The summed E-state index contributed by atoms with van der Waals surface area (Å²) in [6.45, 7) is 1.90. The molecule has 1 aromatic carbocycles. The molecule has 1 aromatic heterocycles. The van der Waals surface area contributed by atoms with Crippen molar-refractivity contribution in [1.82, 2.24) is 9.97 Å². The van der Waals surface area contributed by atoms with Crippen LogP contribution in [0.5, 0.6) is 0 Å². The second-order valence-corrected chi connectivity index (χ2v) is 4.94. The number of hydrogen-bond acceptors (Lipinski definition) is 5. The van der Waals surface area contributed by atoms with Gasteiger partial charge in [0.1, 0.15) is 5.82 Å². The molecule has 4 N–H and O–H groups in total. The van der Waals surface area contributed by atoms with Gasteiger partial charge in [-0.1, -0.05) is 27.5 Å². The van der Waals surface area contributed by atoms with Crippen LogP contribution in [0.3, 0.4) is 0 Å². The van der Waals surface area contributed by atoms with Gasteiger partial charge in [0, 0.05) is 16.2 Å². The van der Waals surface area contributed by atoms with E-state index in [1.54, 1.807) is 12.3 Å². The minimum Gasteiger partial charge on any atom is -0.339 e. The molecule has 0 bridgehead atoms. The van der Waals surface area contributed by atoms with E-state index in [9.17, 15) is 0 Å². The first-order valence-electron chi connectivity index (χ1n) is 5.12. The minimum absolute atomic E-state index is 0.342. The number of aromatic nitrogens is 2. The summed E-state index contributed by atoms with van der Waals surface area (Å²) in [6.07, 6.45) is 1.68. The molecule has 0 saturated heterocycles. The average Bonchev–Trinajstić information content (AvgIpc) is 2.36. The van der Waals surface area contributed by atoms with E-state index >= 15 is 0 Å². The van der Waals surface area contributed by atoms with E-state index in [1.165, 1.54) is 0 Å². The number of nitrogens with two attached hydrogens (primary N) is 1. The van der Waals surface area contributed by atoms with Gasteiger partial charge in [-0.05, 0) is 25.1 Å². The highest BCUT2D eigenvalue weighted by molar-refractivity contribution is 9.10. The van der Waals surface area contributed by atoms with Gasteiger partial charge in [0.25, 0.3) is 0 Å². The Balaban J connectivity index is 2.36. The Morgan fingerprint density at radius 2 is 2.17 bits per heavy atom. The highest BCUT2D eigenvalue weighted by atomic mass is 79.9. The Morgan fingerprint density at radius 1 is 1.39 bits per heavy atom. The predicted octanol–water partition coefficient (Wildman–Crippen LogP) is 3.23. The minimum atomic E-state index is 0.342. The molecule has 2 rings (SSSR count). The first-order chi connectivity index (χ1) is 8.60. The molecule has 0 spiro atoms. The molecule has 0 aliphatic heterocycles. The molecular formula is C11H11BrClN5. The zero-order valence-electron chi connectivity index (χ0n) is 9.54. The summed E-state index contributed by atoms with van der Waals surface area (Å²) in [7, 11) is 0. The maximum Gasteiger partial charge on any atom is 0.239 e. The maximum absolute atomic E-state index is 6.11. The summed E-state index contributed by atoms with van der Waals surface area (Å²) >= 11 is 9.50. The van der Waals surface area contributed by atoms with E-state index in [1.807, 2.05) is 19.1 Å². The van der Waals surface area contributed by atoms with Crippen LogP contribution in [-0.4, -0.2) is 9.97 Å². The van der Waals surface area contributed by atoms with Gasteiger partial charge in [-0.2, -0.15) is 4.98 Å². The normalized spacial score (nSPS) is 10.2. The van der Waals surface area contributed by atoms with Crippen molar-refractivity contribution in [1.29, 1.82) is 0 Å². The third kappa shape index (κ3) is 2.90. The van der Waals surface area contributed by atoms with E-state index in [4.69, 9.17) is 17.4 Å². The lowest BCUT2D eigenvalue weighted by Crippen LogP contribution is -2.11. The molecule has 2 aromatic rings. The van der Waals surface area contributed by atoms with Crippen molar-refractivity contribution >= 4 is 45.0 Å². The quantitative estimate of drug-likeness (QED) is 0.596. The maximum atomic E-state index is 6.11. The number of anilines is 3. The summed E-state index contributed by atoms with van der Waals surface area (Å²) < 4.78 is 0.929. The van der Waals surface area contributed by atoms with Gasteiger partial charge in [0.2, 0.25) is 5.95 Å². The smallest absolute Gasteiger partial charge is 0.239 e. The van der Waals surface area contributed by atoms with Crippen molar-refractivity contribution in [3.63, 3.8) is 0 Å². The van der Waals surface area contributed by atoms with Crippen LogP contribution in [-0.2, 0) is 0 Å². The summed E-state index contributed by atoms with van der Waals surface area (Å²) in [5.74, 6) is 6.27. The van der Waals surface area contributed by atoms with Crippen LogP contribution in [0.15, 0.2) is 28.9 Å². The van der Waals surface area contributed by atoms with Gasteiger partial charge >= 0.3 is 0 Å². The summed E-state index contributed by atoms with van der Waals surface area (Å²) in [6, 6.07) is 5.54. The summed E-state index contributed by atoms with van der Waals surface area (Å²) in [5, 5.41) is 3.76. The molecule has 0 atom stereocenters. The van der Waals surface area contributed by atoms with Crippen molar-refractivity contribution < 1.29 is 0 Å². The number of hydrogen-bond donors (Lipinski definition) is 3. The van der Waals surface area contributed by atoms with Gasteiger partial charge < -0.3 is 5.32 Å². The van der Waals surface area contributed by atoms with Gasteiger partial charge in [-0.25, -0.2) is 10.8 Å². The highest BCUT2D eigenvalue weighted by Gasteiger charge is 2.06. The third-order valence-corrected chi connectivity index (χ3v) is 3.11. The van der Waals surface area contributed by atoms with Crippen LogP contribution in [0.1, 0.15) is 5.56 Å². The van der Waals surface area contributed by atoms with Crippen LogP contribution >= 0.6 is 27.5 Å². The van der Waals surface area contributed by atoms with Gasteiger partial charge in [0.05, 0.1) is 10.7 Å². The number of aryl methyl sites for hydroxylation is 1. The van der Waals surface area contributed by atoms with Crippen molar-refractivity contribution in [3.05, 3.63) is 39.5 Å². The van der Waals surface area contributed by atoms with Crippen molar-refractivity contribution in [3.8, 4) is 0 Å². The largest absolute Gasteiger partial charge is 0.339 e. The lowest BCUT2D eigenvalue weighted by Gasteiger charge is -2.11. The molecule has 1 heterocycles. The summed E-state index contributed by atoms with van der Waals surface area (Å²) in [5.41, 5.74) is 4.06. The zero-order chi connectivity index (χ0) is 13.1. The fourth-order valence-electron chi connectivity index (χ4n) is 1.36. The highest BCUT2D eigenvalue weighted by Crippen LogP contribution is 2.29. The lowest BCUT2D eigenvalue weighted by atomic mass is 10.3. The van der Waals surface area contributed by atoms with E-state index in [2.05, 4.69) is 36.6 Å². The van der Waals surface area contributed by atoms with Crippen molar-refractivity contribution in [2.45, 2.75) is 6.92 Å². The molecule has 0 unspecified atom stereocenters. The second-order valence-electron chi connectivity index (χ2n) is 3.62. The molecule has 18 heavy (non-hydrogen) atoms. The first-order valence-corrected chi connectivity index (χ1v) is 6.29. The van der Waals surface area contributed by atoms with Crippen LogP contribution in [0.25, 0.3) is 0 Å². The lowest BCUT2D eigenvalue weighted by molar-refractivity contribution is 1.09. The fourth-order valence-corrected chi connectivity index (χ4v) is 1.88. The molecule has 94 valence electrons. The Labute approximate surface area is 118 Å². The number of hydrazine groups is 1.